The van der Waals surface area contributed by atoms with Crippen LogP contribution in [0.15, 0.2) is 54.0 Å². The first-order chi connectivity index (χ1) is 11.9. The zero-order valence-corrected chi connectivity index (χ0v) is 14.6. The van der Waals surface area contributed by atoms with Crippen molar-refractivity contribution in [3.8, 4) is 0 Å². The van der Waals surface area contributed by atoms with Crippen LogP contribution in [0.2, 0.25) is 0 Å². The second-order valence-corrected chi connectivity index (χ2v) is 6.51. The zero-order chi connectivity index (χ0) is 16.6. The number of aliphatic imine (C=N–C) groups is 1. The molecule has 24 heavy (non-hydrogen) atoms. The lowest BCUT2D eigenvalue weighted by Crippen LogP contribution is -2.34. The first-order valence-electron chi connectivity index (χ1n) is 9.18. The molecule has 4 nitrogen and oxygen atoms in total. The number of imidazole rings is 1. The van der Waals surface area contributed by atoms with Crippen molar-refractivity contribution in [3.05, 3.63) is 54.6 Å². The topological polar surface area (TPSA) is 33.4 Å². The molecule has 3 rings (SSSR count). The van der Waals surface area contributed by atoms with Crippen molar-refractivity contribution in [2.45, 2.75) is 45.1 Å². The largest absolute Gasteiger partial charge is 0.358 e. The van der Waals surface area contributed by atoms with Crippen LogP contribution in [-0.2, 0) is 6.54 Å². The van der Waals surface area contributed by atoms with E-state index in [2.05, 4.69) is 51.7 Å². The number of unbranched alkanes of at least 4 members (excludes halogenated alkanes) is 3. The fourth-order valence-corrected chi connectivity index (χ4v) is 3.41. The molecular formula is C20H28N4. The summed E-state index contributed by atoms with van der Waals surface area (Å²) in [5, 5.41) is 0. The Kier molecular flexibility index (Phi) is 6.05. The molecule has 0 fully saturated rings. The molecule has 2 heterocycles. The standard InChI is InChI=1S/C20H28N4/c1-2-3-4-8-13-24-15-12-22-20(24)19(16-23-14-11-21-17-23)18-9-6-5-7-10-18/h5-7,9-11,14,17,19H,2-4,8,12-13,15-16H2,1H3. The first kappa shape index (κ1) is 16.7. The number of benzene rings is 1. The molecule has 0 saturated carbocycles. The average molecular weight is 324 g/mol. The summed E-state index contributed by atoms with van der Waals surface area (Å²) in [5.74, 6) is 1.56. The van der Waals surface area contributed by atoms with Crippen LogP contribution >= 0.6 is 0 Å². The van der Waals surface area contributed by atoms with Gasteiger partial charge >= 0.3 is 0 Å². The number of rotatable bonds is 9. The minimum Gasteiger partial charge on any atom is -0.358 e. The van der Waals surface area contributed by atoms with E-state index in [0.717, 1.165) is 26.2 Å². The molecule has 0 aliphatic carbocycles. The third-order valence-electron chi connectivity index (χ3n) is 4.72. The van der Waals surface area contributed by atoms with Gasteiger partial charge in [0.1, 0.15) is 5.84 Å². The average Bonchev–Trinajstić information content (AvgIpc) is 3.29. The Labute approximate surface area is 145 Å². The predicted molar refractivity (Wildman–Crippen MR) is 99.4 cm³/mol. The molecule has 1 aromatic carbocycles. The highest BCUT2D eigenvalue weighted by molar-refractivity contribution is 5.90. The van der Waals surface area contributed by atoms with Gasteiger partial charge in [-0.3, -0.25) is 4.99 Å². The lowest BCUT2D eigenvalue weighted by molar-refractivity contribution is 0.417. The van der Waals surface area contributed by atoms with Crippen LogP contribution in [0.3, 0.4) is 0 Å². The molecule has 0 radical (unpaired) electrons. The summed E-state index contributed by atoms with van der Waals surface area (Å²) in [6, 6.07) is 10.8. The molecule has 0 bridgehead atoms. The van der Waals surface area contributed by atoms with E-state index in [9.17, 15) is 0 Å². The summed E-state index contributed by atoms with van der Waals surface area (Å²) < 4.78 is 2.16. The molecule has 1 aliphatic heterocycles. The zero-order valence-electron chi connectivity index (χ0n) is 14.6. The maximum atomic E-state index is 4.88. The van der Waals surface area contributed by atoms with E-state index < -0.39 is 0 Å². The number of nitrogens with zero attached hydrogens (tertiary/aromatic N) is 4. The van der Waals surface area contributed by atoms with Crippen LogP contribution in [0.5, 0.6) is 0 Å². The lowest BCUT2D eigenvalue weighted by Gasteiger charge is -2.27. The Hall–Kier alpha value is -2.10. The van der Waals surface area contributed by atoms with Gasteiger partial charge in [0.05, 0.1) is 18.8 Å². The second kappa shape index (κ2) is 8.67. The van der Waals surface area contributed by atoms with Gasteiger partial charge in [-0.05, 0) is 12.0 Å². The molecule has 0 amide bonds. The lowest BCUT2D eigenvalue weighted by atomic mass is 9.96. The Morgan fingerprint density at radius 3 is 2.75 bits per heavy atom. The van der Waals surface area contributed by atoms with Crippen LogP contribution in [0.4, 0.5) is 0 Å². The molecule has 4 heteroatoms. The highest BCUT2D eigenvalue weighted by atomic mass is 15.2. The highest BCUT2D eigenvalue weighted by Crippen LogP contribution is 2.24. The van der Waals surface area contributed by atoms with Gasteiger partial charge in [0.15, 0.2) is 0 Å². The van der Waals surface area contributed by atoms with E-state index in [1.54, 1.807) is 0 Å². The minimum atomic E-state index is 0.300. The summed E-state index contributed by atoms with van der Waals surface area (Å²) in [7, 11) is 0. The van der Waals surface area contributed by atoms with Gasteiger partial charge in [0.25, 0.3) is 0 Å². The third kappa shape index (κ3) is 4.25. The fourth-order valence-electron chi connectivity index (χ4n) is 3.41. The molecule has 1 aromatic heterocycles. The number of hydrogen-bond donors (Lipinski definition) is 0. The van der Waals surface area contributed by atoms with E-state index in [4.69, 9.17) is 4.99 Å². The summed E-state index contributed by atoms with van der Waals surface area (Å²) >= 11 is 0. The van der Waals surface area contributed by atoms with Crippen LogP contribution in [-0.4, -0.2) is 39.9 Å². The smallest absolute Gasteiger partial charge is 0.108 e. The van der Waals surface area contributed by atoms with Crippen molar-refractivity contribution < 1.29 is 0 Å². The molecular weight excluding hydrogens is 296 g/mol. The van der Waals surface area contributed by atoms with Gasteiger partial charge in [-0.15, -0.1) is 0 Å². The van der Waals surface area contributed by atoms with Crippen molar-refractivity contribution in [1.29, 1.82) is 0 Å². The monoisotopic (exact) mass is 324 g/mol. The number of aromatic nitrogens is 2. The van der Waals surface area contributed by atoms with Crippen LogP contribution < -0.4 is 0 Å². The molecule has 0 saturated heterocycles. The molecule has 128 valence electrons. The van der Waals surface area contributed by atoms with Crippen molar-refractivity contribution in [2.24, 2.45) is 4.99 Å². The SMILES string of the molecule is CCCCCCN1CCN=C1C(Cn1ccnc1)c1ccccc1. The summed E-state index contributed by atoms with van der Waals surface area (Å²) in [4.78, 5) is 11.6. The van der Waals surface area contributed by atoms with Gasteiger partial charge in [-0.2, -0.15) is 0 Å². The number of hydrogen-bond acceptors (Lipinski definition) is 3. The Bertz CT molecular complexity index is 618. The van der Waals surface area contributed by atoms with Gasteiger partial charge < -0.3 is 9.47 Å². The summed E-state index contributed by atoms with van der Waals surface area (Å²) in [6.45, 7) is 6.28. The van der Waals surface area contributed by atoms with Crippen molar-refractivity contribution >= 4 is 5.84 Å². The predicted octanol–water partition coefficient (Wildman–Crippen LogP) is 3.96. The normalized spacial score (nSPS) is 15.5. The maximum Gasteiger partial charge on any atom is 0.108 e. The van der Waals surface area contributed by atoms with Crippen LogP contribution in [0, 0.1) is 0 Å². The molecule has 2 aromatic rings. The van der Waals surface area contributed by atoms with Crippen molar-refractivity contribution in [1.82, 2.24) is 14.5 Å². The van der Waals surface area contributed by atoms with Crippen LogP contribution in [0.25, 0.3) is 0 Å². The summed E-state index contributed by atoms with van der Waals surface area (Å²) in [5.41, 5.74) is 1.34. The van der Waals surface area contributed by atoms with Crippen molar-refractivity contribution in [2.75, 3.05) is 19.6 Å². The van der Waals surface area contributed by atoms with E-state index in [-0.39, 0.29) is 0 Å². The Morgan fingerprint density at radius 2 is 2.00 bits per heavy atom. The van der Waals surface area contributed by atoms with Gasteiger partial charge in [-0.1, -0.05) is 56.5 Å². The molecule has 1 atom stereocenters. The molecule has 1 unspecified atom stereocenters. The molecule has 0 N–H and O–H groups in total. The van der Waals surface area contributed by atoms with Gasteiger partial charge in [0.2, 0.25) is 0 Å². The molecule has 0 spiro atoms. The maximum absolute atomic E-state index is 4.88. The van der Waals surface area contributed by atoms with Gasteiger partial charge in [0, 0.05) is 32.0 Å². The highest BCUT2D eigenvalue weighted by Gasteiger charge is 2.26. The van der Waals surface area contributed by atoms with Crippen LogP contribution in [0.1, 0.15) is 44.1 Å². The Morgan fingerprint density at radius 1 is 1.12 bits per heavy atom. The quantitative estimate of drug-likeness (QED) is 0.654. The van der Waals surface area contributed by atoms with E-state index in [1.165, 1.54) is 37.1 Å². The van der Waals surface area contributed by atoms with Gasteiger partial charge in [-0.25, -0.2) is 4.98 Å². The second-order valence-electron chi connectivity index (χ2n) is 6.51. The summed E-state index contributed by atoms with van der Waals surface area (Å²) in [6.07, 6.45) is 11.0. The Balaban J connectivity index is 1.74. The van der Waals surface area contributed by atoms with E-state index in [1.807, 2.05) is 18.7 Å². The first-order valence-corrected chi connectivity index (χ1v) is 9.18. The number of amidine groups is 1. The van der Waals surface area contributed by atoms with Crippen molar-refractivity contribution in [3.63, 3.8) is 0 Å². The van der Waals surface area contributed by atoms with E-state index >= 15 is 0 Å². The molecule has 1 aliphatic rings. The fraction of sp³-hybridized carbons (Fsp3) is 0.500. The third-order valence-corrected chi connectivity index (χ3v) is 4.72. The van der Waals surface area contributed by atoms with E-state index in [0.29, 0.717) is 5.92 Å². The minimum absolute atomic E-state index is 0.300.